The van der Waals surface area contributed by atoms with Gasteiger partial charge < -0.3 is 0 Å². The second kappa shape index (κ2) is 3.00. The average molecular weight is 159 g/mol. The molecule has 0 atom stereocenters. The molecule has 5 heteroatoms. The van der Waals surface area contributed by atoms with Crippen LogP contribution in [0.5, 0.6) is 0 Å². The molecule has 5 nitrogen and oxygen atoms in total. The van der Waals surface area contributed by atoms with E-state index in [0.29, 0.717) is 5.82 Å². The van der Waals surface area contributed by atoms with Crippen molar-refractivity contribution in [3.8, 4) is 11.4 Å². The van der Waals surface area contributed by atoms with E-state index < -0.39 is 0 Å². The summed E-state index contributed by atoms with van der Waals surface area (Å²) < 4.78 is 0. The Labute approximate surface area is 68.5 Å². The molecule has 2 aromatic heterocycles. The summed E-state index contributed by atoms with van der Waals surface area (Å²) in [6.07, 6.45) is 6.48. The van der Waals surface area contributed by atoms with Gasteiger partial charge in [0.15, 0.2) is 5.82 Å². The van der Waals surface area contributed by atoms with Crippen LogP contribution in [-0.4, -0.2) is 25.4 Å². The zero-order chi connectivity index (χ0) is 8.23. The van der Waals surface area contributed by atoms with E-state index in [1.54, 1.807) is 30.9 Å². The van der Waals surface area contributed by atoms with Crippen LogP contribution in [0.2, 0.25) is 0 Å². The van der Waals surface area contributed by atoms with Crippen molar-refractivity contribution in [2.24, 2.45) is 0 Å². The highest BCUT2D eigenvalue weighted by molar-refractivity contribution is 5.50. The summed E-state index contributed by atoms with van der Waals surface area (Å²) >= 11 is 0. The quantitative estimate of drug-likeness (QED) is 0.599. The standard InChI is InChI=1S/C7H5N5/c1-2-8-7(9-3-1)6-4-10-12-11-5-6/h1-5H. The zero-order valence-electron chi connectivity index (χ0n) is 6.12. The van der Waals surface area contributed by atoms with Gasteiger partial charge in [0, 0.05) is 12.4 Å². The molecule has 0 fully saturated rings. The molecule has 0 saturated carbocycles. The molecule has 0 unspecified atom stereocenters. The Morgan fingerprint density at radius 1 is 0.917 bits per heavy atom. The van der Waals surface area contributed by atoms with Crippen molar-refractivity contribution in [1.82, 2.24) is 25.4 Å². The number of aromatic nitrogens is 5. The Morgan fingerprint density at radius 2 is 1.58 bits per heavy atom. The average Bonchev–Trinajstić information content (AvgIpc) is 2.21. The Kier molecular flexibility index (Phi) is 1.69. The molecule has 0 N–H and O–H groups in total. The Bertz CT molecular complexity index is 309. The van der Waals surface area contributed by atoms with E-state index in [1.807, 2.05) is 0 Å². The Hall–Kier alpha value is -1.91. The van der Waals surface area contributed by atoms with Gasteiger partial charge in [-0.2, -0.15) is 0 Å². The molecule has 0 radical (unpaired) electrons. The molecule has 0 aliphatic rings. The van der Waals surface area contributed by atoms with Crippen LogP contribution in [-0.2, 0) is 0 Å². The second-order valence-corrected chi connectivity index (χ2v) is 2.11. The van der Waals surface area contributed by atoms with Crippen LogP contribution < -0.4 is 0 Å². The lowest BCUT2D eigenvalue weighted by Gasteiger charge is -1.94. The maximum Gasteiger partial charge on any atom is 0.162 e. The van der Waals surface area contributed by atoms with Crippen LogP contribution in [0, 0.1) is 0 Å². The SMILES string of the molecule is c1cnc(-c2cnnnc2)nc1. The Balaban J connectivity index is 2.46. The van der Waals surface area contributed by atoms with E-state index in [2.05, 4.69) is 25.4 Å². The topological polar surface area (TPSA) is 64.5 Å². The molecule has 0 saturated heterocycles. The van der Waals surface area contributed by atoms with Gasteiger partial charge in [-0.1, -0.05) is 0 Å². The highest BCUT2D eigenvalue weighted by Gasteiger charge is 1.98. The summed E-state index contributed by atoms with van der Waals surface area (Å²) in [6.45, 7) is 0. The van der Waals surface area contributed by atoms with E-state index in [4.69, 9.17) is 0 Å². The first-order chi connectivity index (χ1) is 5.97. The van der Waals surface area contributed by atoms with Gasteiger partial charge in [-0.05, 0) is 11.3 Å². The van der Waals surface area contributed by atoms with Crippen molar-refractivity contribution < 1.29 is 0 Å². The summed E-state index contributed by atoms with van der Waals surface area (Å²) in [5, 5.41) is 10.7. The first kappa shape index (κ1) is 6.78. The molecule has 2 heterocycles. The maximum absolute atomic E-state index is 4.03. The fourth-order valence-corrected chi connectivity index (χ4v) is 0.803. The molecule has 0 amide bonds. The molecule has 12 heavy (non-hydrogen) atoms. The lowest BCUT2D eigenvalue weighted by molar-refractivity contribution is 0.864. The van der Waals surface area contributed by atoms with E-state index >= 15 is 0 Å². The second-order valence-electron chi connectivity index (χ2n) is 2.11. The minimum absolute atomic E-state index is 0.611. The van der Waals surface area contributed by atoms with Crippen molar-refractivity contribution in [2.75, 3.05) is 0 Å². The van der Waals surface area contributed by atoms with Gasteiger partial charge in [0.25, 0.3) is 0 Å². The summed E-state index contributed by atoms with van der Waals surface area (Å²) in [5.74, 6) is 0.611. The van der Waals surface area contributed by atoms with Crippen LogP contribution >= 0.6 is 0 Å². The van der Waals surface area contributed by atoms with Crippen LogP contribution in [0.25, 0.3) is 11.4 Å². The molecule has 0 bridgehead atoms. The third-order valence-electron chi connectivity index (χ3n) is 1.32. The van der Waals surface area contributed by atoms with E-state index in [-0.39, 0.29) is 0 Å². The van der Waals surface area contributed by atoms with Crippen molar-refractivity contribution in [3.05, 3.63) is 30.9 Å². The molecule has 0 aliphatic heterocycles. The monoisotopic (exact) mass is 159 g/mol. The molecule has 58 valence electrons. The third kappa shape index (κ3) is 1.24. The fourth-order valence-electron chi connectivity index (χ4n) is 0.803. The van der Waals surface area contributed by atoms with Crippen molar-refractivity contribution in [2.45, 2.75) is 0 Å². The fraction of sp³-hybridized carbons (Fsp3) is 0. The van der Waals surface area contributed by atoms with Gasteiger partial charge in [-0.3, -0.25) is 0 Å². The van der Waals surface area contributed by atoms with Gasteiger partial charge in [0.2, 0.25) is 0 Å². The molecular formula is C7H5N5. The predicted molar refractivity (Wildman–Crippen MR) is 40.9 cm³/mol. The summed E-state index contributed by atoms with van der Waals surface area (Å²) in [6, 6.07) is 1.76. The maximum atomic E-state index is 4.03. The van der Waals surface area contributed by atoms with Crippen LogP contribution in [0.3, 0.4) is 0 Å². The first-order valence-electron chi connectivity index (χ1n) is 3.37. The molecule has 0 aromatic carbocycles. The Morgan fingerprint density at radius 3 is 2.25 bits per heavy atom. The van der Waals surface area contributed by atoms with Crippen molar-refractivity contribution >= 4 is 0 Å². The van der Waals surface area contributed by atoms with Crippen LogP contribution in [0.4, 0.5) is 0 Å². The lowest BCUT2D eigenvalue weighted by atomic mass is 10.3. The smallest absolute Gasteiger partial charge is 0.162 e. The largest absolute Gasteiger partial charge is 0.236 e. The van der Waals surface area contributed by atoms with E-state index in [1.165, 1.54) is 0 Å². The van der Waals surface area contributed by atoms with E-state index in [0.717, 1.165) is 5.56 Å². The van der Waals surface area contributed by atoms with Gasteiger partial charge in [0.1, 0.15) is 0 Å². The number of nitrogens with zero attached hydrogens (tertiary/aromatic N) is 5. The highest BCUT2D eigenvalue weighted by atomic mass is 15.3. The normalized spacial score (nSPS) is 9.67. The minimum atomic E-state index is 0.611. The van der Waals surface area contributed by atoms with Crippen molar-refractivity contribution in [3.63, 3.8) is 0 Å². The first-order valence-corrected chi connectivity index (χ1v) is 3.37. The van der Waals surface area contributed by atoms with Gasteiger partial charge in [0.05, 0.1) is 18.0 Å². The zero-order valence-corrected chi connectivity index (χ0v) is 6.12. The highest BCUT2D eigenvalue weighted by Crippen LogP contribution is 2.07. The number of rotatable bonds is 1. The molecule has 0 aliphatic carbocycles. The molecule has 2 aromatic rings. The summed E-state index contributed by atoms with van der Waals surface area (Å²) in [4.78, 5) is 8.06. The summed E-state index contributed by atoms with van der Waals surface area (Å²) in [5.41, 5.74) is 0.769. The van der Waals surface area contributed by atoms with Crippen LogP contribution in [0.1, 0.15) is 0 Å². The lowest BCUT2D eigenvalue weighted by Crippen LogP contribution is -1.90. The number of hydrogen-bond donors (Lipinski definition) is 0. The van der Waals surface area contributed by atoms with Crippen LogP contribution in [0.15, 0.2) is 30.9 Å². The van der Waals surface area contributed by atoms with E-state index in [9.17, 15) is 0 Å². The molecule has 0 spiro atoms. The number of hydrogen-bond acceptors (Lipinski definition) is 5. The van der Waals surface area contributed by atoms with Crippen molar-refractivity contribution in [1.29, 1.82) is 0 Å². The van der Waals surface area contributed by atoms with Gasteiger partial charge in [-0.25, -0.2) is 9.97 Å². The third-order valence-corrected chi connectivity index (χ3v) is 1.32. The predicted octanol–water partition coefficient (Wildman–Crippen LogP) is 0.329. The summed E-state index contributed by atoms with van der Waals surface area (Å²) in [7, 11) is 0. The minimum Gasteiger partial charge on any atom is -0.236 e. The molecular weight excluding hydrogens is 154 g/mol. The molecule has 2 rings (SSSR count). The van der Waals surface area contributed by atoms with Gasteiger partial charge >= 0.3 is 0 Å². The van der Waals surface area contributed by atoms with Gasteiger partial charge in [-0.15, -0.1) is 10.2 Å².